The molecule has 0 saturated carbocycles. The predicted molar refractivity (Wildman–Crippen MR) is 115 cm³/mol. The summed E-state index contributed by atoms with van der Waals surface area (Å²) in [5.74, 6) is 0.439. The van der Waals surface area contributed by atoms with E-state index in [2.05, 4.69) is 24.1 Å². The van der Waals surface area contributed by atoms with Crippen molar-refractivity contribution >= 4 is 28.8 Å². The number of hydrogen-bond donors (Lipinski definition) is 1. The van der Waals surface area contributed by atoms with Crippen LogP contribution in [-0.2, 0) is 9.53 Å². The summed E-state index contributed by atoms with van der Waals surface area (Å²) in [6, 6.07) is 15.2. The zero-order valence-electron chi connectivity index (χ0n) is 16.5. The first-order chi connectivity index (χ1) is 13.4. The van der Waals surface area contributed by atoms with Crippen molar-refractivity contribution in [2.75, 3.05) is 25.0 Å². The van der Waals surface area contributed by atoms with Gasteiger partial charge in [-0.25, -0.2) is 0 Å². The number of aryl methyl sites for hydroxylation is 1. The molecule has 1 saturated heterocycles. The molecule has 2 atom stereocenters. The summed E-state index contributed by atoms with van der Waals surface area (Å²) in [7, 11) is 0. The van der Waals surface area contributed by atoms with Crippen LogP contribution in [0.5, 0.6) is 5.75 Å². The summed E-state index contributed by atoms with van der Waals surface area (Å²) >= 11 is 5.64. The van der Waals surface area contributed by atoms with Gasteiger partial charge in [0.2, 0.25) is 0 Å². The molecule has 0 bridgehead atoms. The van der Waals surface area contributed by atoms with Crippen LogP contribution in [0.2, 0.25) is 0 Å². The fraction of sp³-hybridized carbons (Fsp3) is 0.364. The van der Waals surface area contributed by atoms with E-state index in [9.17, 15) is 4.79 Å². The molecule has 1 aliphatic heterocycles. The number of carbonyl (C=O) groups excluding carboxylic acids is 1. The lowest BCUT2D eigenvalue weighted by atomic mass is 10.1. The Hall–Kier alpha value is -2.44. The van der Waals surface area contributed by atoms with E-state index in [0.717, 1.165) is 34.9 Å². The molecule has 0 aromatic heterocycles. The smallest absolute Gasteiger partial charge is 0.262 e. The van der Waals surface area contributed by atoms with E-state index >= 15 is 0 Å². The van der Waals surface area contributed by atoms with Gasteiger partial charge in [-0.15, -0.1) is 0 Å². The molecular weight excluding hydrogens is 372 g/mol. The molecule has 0 radical (unpaired) electrons. The van der Waals surface area contributed by atoms with Crippen LogP contribution in [0.15, 0.2) is 48.5 Å². The van der Waals surface area contributed by atoms with E-state index < -0.39 is 0 Å². The first-order valence-electron chi connectivity index (χ1n) is 9.45. The molecule has 1 amide bonds. The summed E-state index contributed by atoms with van der Waals surface area (Å²) in [6.45, 7) is 7.66. The van der Waals surface area contributed by atoms with Gasteiger partial charge in [0.05, 0.1) is 12.2 Å². The molecule has 0 spiro atoms. The fourth-order valence-corrected chi connectivity index (χ4v) is 3.49. The standard InChI is InChI=1S/C22H26N2O3S/c1-15-4-8-19(9-5-15)23-21(25)14-26-20-10-6-18(7-11-20)22(28)24-12-16(2)27-17(3)13-24/h4-11,16-17H,12-14H2,1-3H3,(H,23,25)/t16-,17-/m1/s1. The molecular formula is C22H26N2O3S. The van der Waals surface area contributed by atoms with Gasteiger partial charge in [-0.1, -0.05) is 29.9 Å². The van der Waals surface area contributed by atoms with Gasteiger partial charge < -0.3 is 19.7 Å². The van der Waals surface area contributed by atoms with E-state index in [1.807, 2.05) is 55.5 Å². The third-order valence-corrected chi connectivity index (χ3v) is 5.01. The van der Waals surface area contributed by atoms with Crippen LogP contribution in [0.25, 0.3) is 0 Å². The van der Waals surface area contributed by atoms with Gasteiger partial charge in [0, 0.05) is 24.3 Å². The van der Waals surface area contributed by atoms with Gasteiger partial charge in [0.1, 0.15) is 10.7 Å². The average molecular weight is 399 g/mol. The number of nitrogens with zero attached hydrogens (tertiary/aromatic N) is 1. The second kappa shape index (κ2) is 9.17. The first kappa shape index (κ1) is 20.3. The minimum atomic E-state index is -0.195. The highest BCUT2D eigenvalue weighted by Crippen LogP contribution is 2.18. The molecule has 0 aliphatic carbocycles. The number of ether oxygens (including phenoxy) is 2. The Morgan fingerprint density at radius 1 is 1.11 bits per heavy atom. The maximum atomic E-state index is 12.0. The van der Waals surface area contributed by atoms with Crippen molar-refractivity contribution in [3.05, 3.63) is 59.7 Å². The average Bonchev–Trinajstić information content (AvgIpc) is 2.67. The second-order valence-corrected chi connectivity index (χ2v) is 7.58. The molecule has 3 rings (SSSR count). The number of amides is 1. The number of benzene rings is 2. The van der Waals surface area contributed by atoms with E-state index in [-0.39, 0.29) is 24.7 Å². The van der Waals surface area contributed by atoms with Crippen LogP contribution in [0.3, 0.4) is 0 Å². The van der Waals surface area contributed by atoms with E-state index in [0.29, 0.717) is 5.75 Å². The minimum Gasteiger partial charge on any atom is -0.484 e. The highest BCUT2D eigenvalue weighted by molar-refractivity contribution is 7.80. The van der Waals surface area contributed by atoms with E-state index in [1.54, 1.807) is 0 Å². The van der Waals surface area contributed by atoms with Crippen LogP contribution in [0.1, 0.15) is 25.0 Å². The zero-order chi connectivity index (χ0) is 20.1. The lowest BCUT2D eigenvalue weighted by molar-refractivity contribution is -0.118. The summed E-state index contributed by atoms with van der Waals surface area (Å²) < 4.78 is 11.4. The lowest BCUT2D eigenvalue weighted by Gasteiger charge is -2.37. The predicted octanol–water partition coefficient (Wildman–Crippen LogP) is 3.80. The number of hydrogen-bond acceptors (Lipinski definition) is 4. The van der Waals surface area contributed by atoms with Crippen molar-refractivity contribution in [2.45, 2.75) is 33.0 Å². The van der Waals surface area contributed by atoms with Crippen LogP contribution in [0.4, 0.5) is 5.69 Å². The van der Waals surface area contributed by atoms with Crippen molar-refractivity contribution in [1.82, 2.24) is 4.90 Å². The van der Waals surface area contributed by atoms with Crippen molar-refractivity contribution < 1.29 is 14.3 Å². The van der Waals surface area contributed by atoms with Crippen molar-refractivity contribution in [2.24, 2.45) is 0 Å². The Kier molecular flexibility index (Phi) is 6.65. The molecule has 6 heteroatoms. The summed E-state index contributed by atoms with van der Waals surface area (Å²) in [6.07, 6.45) is 0.327. The number of carbonyl (C=O) groups is 1. The van der Waals surface area contributed by atoms with Gasteiger partial charge in [0.15, 0.2) is 6.61 Å². The molecule has 28 heavy (non-hydrogen) atoms. The molecule has 1 aliphatic rings. The Morgan fingerprint density at radius 3 is 2.32 bits per heavy atom. The van der Waals surface area contributed by atoms with Crippen LogP contribution in [-0.4, -0.2) is 47.7 Å². The SMILES string of the molecule is Cc1ccc(NC(=O)COc2ccc(C(=S)N3C[C@@H](C)O[C@H](C)C3)cc2)cc1. The van der Waals surface area contributed by atoms with Crippen molar-refractivity contribution in [3.63, 3.8) is 0 Å². The molecule has 148 valence electrons. The quantitative estimate of drug-likeness (QED) is 0.777. The van der Waals surface area contributed by atoms with Gasteiger partial charge in [-0.2, -0.15) is 0 Å². The molecule has 1 fully saturated rings. The molecule has 1 heterocycles. The molecule has 5 nitrogen and oxygen atoms in total. The lowest BCUT2D eigenvalue weighted by Crippen LogP contribution is -2.47. The van der Waals surface area contributed by atoms with Gasteiger partial charge in [0.25, 0.3) is 5.91 Å². The van der Waals surface area contributed by atoms with Gasteiger partial charge >= 0.3 is 0 Å². The first-order valence-corrected chi connectivity index (χ1v) is 9.85. The second-order valence-electron chi connectivity index (χ2n) is 7.19. The van der Waals surface area contributed by atoms with Crippen LogP contribution >= 0.6 is 12.2 Å². The van der Waals surface area contributed by atoms with E-state index in [4.69, 9.17) is 21.7 Å². The third-order valence-electron chi connectivity index (χ3n) is 4.51. The number of anilines is 1. The number of morpholine rings is 1. The monoisotopic (exact) mass is 398 g/mol. The summed E-state index contributed by atoms with van der Waals surface area (Å²) in [5.41, 5.74) is 2.87. The maximum absolute atomic E-state index is 12.0. The number of rotatable bonds is 5. The highest BCUT2D eigenvalue weighted by Gasteiger charge is 2.24. The maximum Gasteiger partial charge on any atom is 0.262 e. The molecule has 1 N–H and O–H groups in total. The Morgan fingerprint density at radius 2 is 1.71 bits per heavy atom. The van der Waals surface area contributed by atoms with Crippen molar-refractivity contribution in [3.8, 4) is 5.75 Å². The minimum absolute atomic E-state index is 0.0455. The summed E-state index contributed by atoms with van der Waals surface area (Å²) in [5, 5.41) is 2.82. The Labute approximate surface area is 171 Å². The third kappa shape index (κ3) is 5.53. The molecule has 2 aromatic carbocycles. The van der Waals surface area contributed by atoms with Gasteiger partial charge in [-0.05, 0) is 57.2 Å². The van der Waals surface area contributed by atoms with E-state index in [1.165, 1.54) is 0 Å². The van der Waals surface area contributed by atoms with Crippen LogP contribution < -0.4 is 10.1 Å². The highest BCUT2D eigenvalue weighted by atomic mass is 32.1. The van der Waals surface area contributed by atoms with Gasteiger partial charge in [-0.3, -0.25) is 4.79 Å². The van der Waals surface area contributed by atoms with Crippen LogP contribution in [0, 0.1) is 6.92 Å². The molecule has 2 aromatic rings. The summed E-state index contributed by atoms with van der Waals surface area (Å²) in [4.78, 5) is 15.0. The number of nitrogens with one attached hydrogen (secondary N) is 1. The molecule has 0 unspecified atom stereocenters. The van der Waals surface area contributed by atoms with Crippen molar-refractivity contribution in [1.29, 1.82) is 0 Å². The fourth-order valence-electron chi connectivity index (χ4n) is 3.20. The Bertz CT molecular complexity index is 811. The topological polar surface area (TPSA) is 50.8 Å². The zero-order valence-corrected chi connectivity index (χ0v) is 17.3. The number of thiocarbonyl (C=S) groups is 1. The largest absolute Gasteiger partial charge is 0.484 e. The normalized spacial score (nSPS) is 19.2. The Balaban J connectivity index is 1.52.